The second kappa shape index (κ2) is 7.84. The lowest BCUT2D eigenvalue weighted by Crippen LogP contribution is -2.35. The van der Waals surface area contributed by atoms with Crippen LogP contribution in [0.2, 0.25) is 0 Å². The van der Waals surface area contributed by atoms with Crippen LogP contribution in [0.25, 0.3) is 0 Å². The molecule has 1 saturated carbocycles. The van der Waals surface area contributed by atoms with Crippen molar-refractivity contribution in [2.24, 2.45) is 0 Å². The lowest BCUT2D eigenvalue weighted by molar-refractivity contribution is 0.144. The Hall–Kier alpha value is -0.800. The van der Waals surface area contributed by atoms with E-state index in [9.17, 15) is 0 Å². The van der Waals surface area contributed by atoms with Crippen LogP contribution in [-0.4, -0.2) is 23.5 Å². The molecule has 0 atom stereocenters. The van der Waals surface area contributed by atoms with Gasteiger partial charge in [0.2, 0.25) is 0 Å². The third kappa shape index (κ3) is 4.64. The third-order valence-electron chi connectivity index (χ3n) is 4.26. The van der Waals surface area contributed by atoms with Crippen LogP contribution in [0.3, 0.4) is 0 Å². The molecule has 1 aliphatic rings. The van der Waals surface area contributed by atoms with Crippen LogP contribution in [0.15, 0.2) is 16.5 Å². The quantitative estimate of drug-likeness (QED) is 0.819. The van der Waals surface area contributed by atoms with Crippen molar-refractivity contribution < 1.29 is 4.42 Å². The monoisotopic (exact) mass is 278 g/mol. The number of hydrogen-bond donors (Lipinski definition) is 1. The second-order valence-electron chi connectivity index (χ2n) is 6.26. The summed E-state index contributed by atoms with van der Waals surface area (Å²) >= 11 is 0. The van der Waals surface area contributed by atoms with Crippen molar-refractivity contribution in [1.29, 1.82) is 0 Å². The largest absolute Gasteiger partial charge is 0.463 e. The summed E-state index contributed by atoms with van der Waals surface area (Å²) in [7, 11) is 0. The van der Waals surface area contributed by atoms with Gasteiger partial charge < -0.3 is 9.73 Å². The Morgan fingerprint density at radius 2 is 1.90 bits per heavy atom. The number of nitrogens with one attached hydrogen (secondary N) is 1. The van der Waals surface area contributed by atoms with Crippen LogP contribution in [0, 0.1) is 0 Å². The van der Waals surface area contributed by atoms with E-state index >= 15 is 0 Å². The molecule has 0 unspecified atom stereocenters. The Labute approximate surface area is 123 Å². The summed E-state index contributed by atoms with van der Waals surface area (Å²) in [6.07, 6.45) is 6.91. The minimum absolute atomic E-state index is 0.498. The lowest BCUT2D eigenvalue weighted by atomic mass is 9.94. The molecule has 0 spiro atoms. The number of furan rings is 1. The summed E-state index contributed by atoms with van der Waals surface area (Å²) in [4.78, 5) is 2.58. The summed E-state index contributed by atoms with van der Waals surface area (Å²) in [5.41, 5.74) is 0. The molecule has 1 aromatic rings. The Bertz CT molecular complexity index is 380. The van der Waals surface area contributed by atoms with Gasteiger partial charge >= 0.3 is 0 Å². The van der Waals surface area contributed by atoms with Crippen LogP contribution in [0.1, 0.15) is 64.4 Å². The molecule has 0 aliphatic heterocycles. The molecular weight excluding hydrogens is 248 g/mol. The van der Waals surface area contributed by atoms with Gasteiger partial charge in [-0.05, 0) is 31.5 Å². The van der Waals surface area contributed by atoms with Crippen molar-refractivity contribution >= 4 is 0 Å². The highest BCUT2D eigenvalue weighted by Crippen LogP contribution is 2.24. The molecule has 1 fully saturated rings. The number of hydrogen-bond acceptors (Lipinski definition) is 3. The molecule has 1 heterocycles. The maximum Gasteiger partial charge on any atom is 0.118 e. The fourth-order valence-corrected chi connectivity index (χ4v) is 3.05. The molecule has 2 rings (SSSR count). The van der Waals surface area contributed by atoms with Crippen LogP contribution < -0.4 is 5.32 Å². The van der Waals surface area contributed by atoms with E-state index in [1.165, 1.54) is 32.1 Å². The molecule has 1 aromatic heterocycles. The van der Waals surface area contributed by atoms with Crippen LogP contribution in [-0.2, 0) is 13.1 Å². The van der Waals surface area contributed by atoms with E-state index in [0.717, 1.165) is 37.2 Å². The van der Waals surface area contributed by atoms with E-state index in [0.29, 0.717) is 6.04 Å². The van der Waals surface area contributed by atoms with Crippen molar-refractivity contribution in [1.82, 2.24) is 10.2 Å². The van der Waals surface area contributed by atoms with Crippen molar-refractivity contribution in [2.45, 2.75) is 78.0 Å². The molecule has 20 heavy (non-hydrogen) atoms. The van der Waals surface area contributed by atoms with E-state index in [2.05, 4.69) is 43.1 Å². The molecular formula is C17H30N2O. The molecule has 3 heteroatoms. The molecule has 0 amide bonds. The van der Waals surface area contributed by atoms with Gasteiger partial charge in [0.05, 0.1) is 13.1 Å². The first-order chi connectivity index (χ1) is 9.69. The van der Waals surface area contributed by atoms with E-state index in [1.54, 1.807) is 0 Å². The highest BCUT2D eigenvalue weighted by molar-refractivity contribution is 5.07. The SMILES string of the molecule is CCN(Cc1ccc(CNC(C)C)o1)C1CCCCC1. The third-order valence-corrected chi connectivity index (χ3v) is 4.26. The highest BCUT2D eigenvalue weighted by Gasteiger charge is 2.20. The zero-order chi connectivity index (χ0) is 14.4. The van der Waals surface area contributed by atoms with Crippen LogP contribution in [0.5, 0.6) is 0 Å². The summed E-state index contributed by atoms with van der Waals surface area (Å²) in [5, 5.41) is 3.40. The zero-order valence-corrected chi connectivity index (χ0v) is 13.3. The first-order valence-electron chi connectivity index (χ1n) is 8.24. The van der Waals surface area contributed by atoms with Gasteiger partial charge in [0.1, 0.15) is 11.5 Å². The molecule has 1 aliphatic carbocycles. The van der Waals surface area contributed by atoms with Crippen LogP contribution in [0.4, 0.5) is 0 Å². The molecule has 0 saturated heterocycles. The minimum Gasteiger partial charge on any atom is -0.463 e. The Morgan fingerprint density at radius 1 is 1.20 bits per heavy atom. The van der Waals surface area contributed by atoms with Gasteiger partial charge in [-0.3, -0.25) is 4.90 Å². The smallest absolute Gasteiger partial charge is 0.118 e. The fraction of sp³-hybridized carbons (Fsp3) is 0.765. The van der Waals surface area contributed by atoms with E-state index < -0.39 is 0 Å². The summed E-state index contributed by atoms with van der Waals surface area (Å²) in [5.74, 6) is 2.16. The maximum absolute atomic E-state index is 5.95. The lowest BCUT2D eigenvalue weighted by Gasteiger charge is -2.32. The fourth-order valence-electron chi connectivity index (χ4n) is 3.05. The Kier molecular flexibility index (Phi) is 6.11. The van der Waals surface area contributed by atoms with E-state index in [1.807, 2.05) is 0 Å². The topological polar surface area (TPSA) is 28.4 Å². The highest BCUT2D eigenvalue weighted by atomic mass is 16.3. The summed E-state index contributed by atoms with van der Waals surface area (Å²) in [6.45, 7) is 9.48. The number of nitrogens with zero attached hydrogens (tertiary/aromatic N) is 1. The van der Waals surface area contributed by atoms with Crippen LogP contribution >= 0.6 is 0 Å². The summed E-state index contributed by atoms with van der Waals surface area (Å²) < 4.78 is 5.95. The molecule has 3 nitrogen and oxygen atoms in total. The average molecular weight is 278 g/mol. The van der Waals surface area contributed by atoms with Gasteiger partial charge in [-0.1, -0.05) is 40.0 Å². The summed E-state index contributed by atoms with van der Waals surface area (Å²) in [6, 6.07) is 5.51. The second-order valence-corrected chi connectivity index (χ2v) is 6.26. The average Bonchev–Trinajstić information content (AvgIpc) is 2.91. The van der Waals surface area contributed by atoms with Gasteiger partial charge in [0.15, 0.2) is 0 Å². The Balaban J connectivity index is 1.87. The first kappa shape index (κ1) is 15.6. The van der Waals surface area contributed by atoms with Crippen molar-refractivity contribution in [3.05, 3.63) is 23.7 Å². The standard InChI is InChI=1S/C17H30N2O/c1-4-19(15-8-6-5-7-9-15)13-17-11-10-16(20-17)12-18-14(2)3/h10-11,14-15,18H,4-9,12-13H2,1-3H3. The van der Waals surface area contributed by atoms with E-state index in [4.69, 9.17) is 4.42 Å². The number of rotatable bonds is 7. The molecule has 1 N–H and O–H groups in total. The van der Waals surface area contributed by atoms with Gasteiger partial charge in [0, 0.05) is 12.1 Å². The predicted molar refractivity (Wildman–Crippen MR) is 83.6 cm³/mol. The molecule has 114 valence electrons. The predicted octanol–water partition coefficient (Wildman–Crippen LogP) is 3.93. The van der Waals surface area contributed by atoms with E-state index in [-0.39, 0.29) is 0 Å². The minimum atomic E-state index is 0.498. The van der Waals surface area contributed by atoms with Gasteiger partial charge in [-0.25, -0.2) is 0 Å². The van der Waals surface area contributed by atoms with Crippen molar-refractivity contribution in [3.63, 3.8) is 0 Å². The van der Waals surface area contributed by atoms with Gasteiger partial charge in [-0.15, -0.1) is 0 Å². The van der Waals surface area contributed by atoms with Gasteiger partial charge in [-0.2, -0.15) is 0 Å². The first-order valence-corrected chi connectivity index (χ1v) is 8.24. The van der Waals surface area contributed by atoms with Gasteiger partial charge in [0.25, 0.3) is 0 Å². The molecule has 0 radical (unpaired) electrons. The molecule has 0 bridgehead atoms. The van der Waals surface area contributed by atoms with Crippen molar-refractivity contribution in [2.75, 3.05) is 6.54 Å². The molecule has 0 aromatic carbocycles. The maximum atomic E-state index is 5.95. The van der Waals surface area contributed by atoms with Crippen molar-refractivity contribution in [3.8, 4) is 0 Å². The zero-order valence-electron chi connectivity index (χ0n) is 13.3. The normalized spacial score (nSPS) is 17.2. The Morgan fingerprint density at radius 3 is 2.55 bits per heavy atom.